The highest BCUT2D eigenvalue weighted by molar-refractivity contribution is 7.07. The van der Waals surface area contributed by atoms with Gasteiger partial charge in [-0.25, -0.2) is 9.78 Å². The smallest absolute Gasteiger partial charge is 0.319 e. The van der Waals surface area contributed by atoms with E-state index in [1.807, 2.05) is 5.38 Å². The van der Waals surface area contributed by atoms with Crippen LogP contribution in [0.4, 0.5) is 16.2 Å². The molecule has 0 atom stereocenters. The van der Waals surface area contributed by atoms with E-state index in [9.17, 15) is 9.59 Å². The van der Waals surface area contributed by atoms with Gasteiger partial charge in [-0.05, 0) is 61.4 Å². The average Bonchev–Trinajstić information content (AvgIpc) is 3.38. The van der Waals surface area contributed by atoms with Crippen LogP contribution in [-0.2, 0) is 6.61 Å². The molecule has 3 aromatic rings. The number of urea groups is 1. The van der Waals surface area contributed by atoms with Crippen molar-refractivity contribution >= 4 is 34.6 Å². The van der Waals surface area contributed by atoms with Crippen LogP contribution in [0.5, 0.6) is 5.75 Å². The number of benzene rings is 2. The topological polar surface area (TPSA) is 92.4 Å². The Labute approximate surface area is 172 Å². The maximum Gasteiger partial charge on any atom is 0.319 e. The van der Waals surface area contributed by atoms with E-state index < -0.39 is 0 Å². The summed E-state index contributed by atoms with van der Waals surface area (Å²) in [5.74, 6) is 0.456. The van der Waals surface area contributed by atoms with Crippen molar-refractivity contribution in [3.8, 4) is 5.75 Å². The van der Waals surface area contributed by atoms with Gasteiger partial charge in [0.05, 0.1) is 11.2 Å². The van der Waals surface area contributed by atoms with Crippen molar-refractivity contribution in [1.29, 1.82) is 0 Å². The minimum absolute atomic E-state index is 0.207. The van der Waals surface area contributed by atoms with Crippen LogP contribution in [0, 0.1) is 0 Å². The highest BCUT2D eigenvalue weighted by Crippen LogP contribution is 2.20. The zero-order chi connectivity index (χ0) is 20.1. The van der Waals surface area contributed by atoms with Gasteiger partial charge in [0.2, 0.25) is 0 Å². The Bertz CT molecular complexity index is 968. The number of carbonyl (C=O) groups is 2. The molecule has 2 aromatic carbocycles. The number of aromatic nitrogens is 1. The summed E-state index contributed by atoms with van der Waals surface area (Å²) in [7, 11) is 0. The summed E-state index contributed by atoms with van der Waals surface area (Å²) in [6.07, 6.45) is 2.08. The summed E-state index contributed by atoms with van der Waals surface area (Å²) in [6.45, 7) is 0.397. The molecule has 1 aromatic heterocycles. The zero-order valence-corrected chi connectivity index (χ0v) is 16.4. The second-order valence-corrected chi connectivity index (χ2v) is 7.42. The number of thiazole rings is 1. The number of rotatable bonds is 7. The number of amides is 3. The van der Waals surface area contributed by atoms with E-state index in [0.717, 1.165) is 18.5 Å². The molecule has 0 aliphatic heterocycles. The second kappa shape index (κ2) is 8.74. The van der Waals surface area contributed by atoms with Crippen LogP contribution in [0.25, 0.3) is 0 Å². The molecular weight excluding hydrogens is 388 g/mol. The molecule has 0 spiro atoms. The lowest BCUT2D eigenvalue weighted by molar-refractivity contribution is 0.102. The molecule has 0 unspecified atom stereocenters. The summed E-state index contributed by atoms with van der Waals surface area (Å²) in [4.78, 5) is 28.3. The number of anilines is 2. The lowest BCUT2D eigenvalue weighted by Crippen LogP contribution is -2.30. The average molecular weight is 408 g/mol. The van der Waals surface area contributed by atoms with Crippen LogP contribution in [0.15, 0.2) is 59.4 Å². The predicted molar refractivity (Wildman–Crippen MR) is 112 cm³/mol. The molecule has 1 saturated carbocycles. The maximum atomic E-state index is 12.4. The van der Waals surface area contributed by atoms with Crippen LogP contribution in [-0.4, -0.2) is 23.0 Å². The third kappa shape index (κ3) is 5.55. The van der Waals surface area contributed by atoms with Crippen molar-refractivity contribution in [3.05, 3.63) is 70.7 Å². The third-order valence-electron chi connectivity index (χ3n) is 4.30. The molecule has 29 heavy (non-hydrogen) atoms. The lowest BCUT2D eigenvalue weighted by atomic mass is 10.2. The summed E-state index contributed by atoms with van der Waals surface area (Å²) in [5.41, 5.74) is 4.48. The normalized spacial score (nSPS) is 12.8. The first-order chi connectivity index (χ1) is 14.2. The van der Waals surface area contributed by atoms with Gasteiger partial charge < -0.3 is 20.7 Å². The third-order valence-corrected chi connectivity index (χ3v) is 4.94. The maximum absolute atomic E-state index is 12.4. The number of hydrogen-bond acceptors (Lipinski definition) is 5. The Hall–Kier alpha value is -3.39. The molecule has 1 fully saturated rings. The van der Waals surface area contributed by atoms with Crippen LogP contribution in [0.2, 0.25) is 0 Å². The monoisotopic (exact) mass is 408 g/mol. The second-order valence-electron chi connectivity index (χ2n) is 6.70. The molecule has 1 heterocycles. The molecule has 4 rings (SSSR count). The van der Waals surface area contributed by atoms with E-state index in [2.05, 4.69) is 20.9 Å². The van der Waals surface area contributed by atoms with E-state index in [4.69, 9.17) is 4.74 Å². The zero-order valence-electron chi connectivity index (χ0n) is 15.6. The van der Waals surface area contributed by atoms with Crippen LogP contribution < -0.4 is 20.7 Å². The first-order valence-corrected chi connectivity index (χ1v) is 10.2. The number of hydrogen-bond donors (Lipinski definition) is 3. The Kier molecular flexibility index (Phi) is 5.71. The van der Waals surface area contributed by atoms with Crippen molar-refractivity contribution in [3.63, 3.8) is 0 Å². The Morgan fingerprint density at radius 3 is 2.31 bits per heavy atom. The fourth-order valence-corrected chi connectivity index (χ4v) is 3.13. The van der Waals surface area contributed by atoms with Crippen molar-refractivity contribution in [1.82, 2.24) is 10.3 Å². The molecule has 0 radical (unpaired) electrons. The minimum atomic E-state index is -0.219. The summed E-state index contributed by atoms with van der Waals surface area (Å²) in [5, 5.41) is 10.4. The number of ether oxygens (including phenoxy) is 1. The minimum Gasteiger partial charge on any atom is -0.487 e. The lowest BCUT2D eigenvalue weighted by Gasteiger charge is -2.09. The molecule has 0 saturated heterocycles. The highest BCUT2D eigenvalue weighted by Gasteiger charge is 2.23. The van der Waals surface area contributed by atoms with Gasteiger partial charge in [-0.2, -0.15) is 0 Å². The summed E-state index contributed by atoms with van der Waals surface area (Å²) in [6, 6.07) is 14.0. The molecule has 1 aliphatic carbocycles. The quantitative estimate of drug-likeness (QED) is 0.545. The highest BCUT2D eigenvalue weighted by atomic mass is 32.1. The molecular formula is C21H20N4O3S. The van der Waals surface area contributed by atoms with Gasteiger partial charge in [-0.3, -0.25) is 4.79 Å². The van der Waals surface area contributed by atoms with E-state index in [1.54, 1.807) is 54.0 Å². The van der Waals surface area contributed by atoms with E-state index in [1.165, 1.54) is 11.3 Å². The molecule has 7 nitrogen and oxygen atoms in total. The van der Waals surface area contributed by atoms with Crippen molar-refractivity contribution in [2.45, 2.75) is 25.5 Å². The van der Waals surface area contributed by atoms with Gasteiger partial charge in [0.25, 0.3) is 5.91 Å². The van der Waals surface area contributed by atoms with Gasteiger partial charge in [-0.1, -0.05) is 0 Å². The van der Waals surface area contributed by atoms with Crippen LogP contribution >= 0.6 is 11.3 Å². The Balaban J connectivity index is 1.28. The van der Waals surface area contributed by atoms with E-state index >= 15 is 0 Å². The molecule has 0 bridgehead atoms. The Morgan fingerprint density at radius 1 is 1.00 bits per heavy atom. The van der Waals surface area contributed by atoms with Gasteiger partial charge in [0, 0.05) is 28.4 Å². The van der Waals surface area contributed by atoms with Crippen LogP contribution in [0.1, 0.15) is 28.9 Å². The van der Waals surface area contributed by atoms with Gasteiger partial charge >= 0.3 is 6.03 Å². The Morgan fingerprint density at radius 2 is 1.69 bits per heavy atom. The molecule has 1 aliphatic rings. The number of nitrogens with one attached hydrogen (secondary N) is 3. The molecule has 8 heteroatoms. The molecule has 3 N–H and O–H groups in total. The molecule has 3 amide bonds. The number of carbonyl (C=O) groups excluding carboxylic acids is 2. The van der Waals surface area contributed by atoms with Gasteiger partial charge in [0.15, 0.2) is 0 Å². The summed E-state index contributed by atoms with van der Waals surface area (Å²) < 4.78 is 5.65. The van der Waals surface area contributed by atoms with E-state index in [0.29, 0.717) is 35.3 Å². The predicted octanol–water partition coefficient (Wildman–Crippen LogP) is 4.26. The molecule has 148 valence electrons. The van der Waals surface area contributed by atoms with Gasteiger partial charge in [-0.15, -0.1) is 11.3 Å². The van der Waals surface area contributed by atoms with Crippen molar-refractivity contribution < 1.29 is 14.3 Å². The van der Waals surface area contributed by atoms with E-state index in [-0.39, 0.29) is 11.9 Å². The first kappa shape index (κ1) is 18.9. The van der Waals surface area contributed by atoms with Crippen molar-refractivity contribution in [2.24, 2.45) is 0 Å². The van der Waals surface area contributed by atoms with Crippen molar-refractivity contribution in [2.75, 3.05) is 10.6 Å². The fourth-order valence-electron chi connectivity index (χ4n) is 2.59. The fraction of sp³-hybridized carbons (Fsp3) is 0.190. The SMILES string of the molecule is O=C(Nc1ccc(NC(=O)c2ccc(OCc3cscn3)cc2)cc1)NC1CC1. The standard InChI is InChI=1S/C21H20N4O3S/c26-20(14-1-9-19(10-2-14)28-11-18-12-29-13-22-18)23-15-3-5-16(6-4-15)24-21(27)25-17-7-8-17/h1-6,9-10,12-13,17H,7-8,11H2,(H,23,26)(H2,24,25,27). The summed E-state index contributed by atoms with van der Waals surface area (Å²) >= 11 is 1.52. The van der Waals surface area contributed by atoms with Gasteiger partial charge in [0.1, 0.15) is 12.4 Å². The largest absolute Gasteiger partial charge is 0.487 e. The first-order valence-electron chi connectivity index (χ1n) is 9.24. The number of nitrogens with zero attached hydrogens (tertiary/aromatic N) is 1. The van der Waals surface area contributed by atoms with Crippen LogP contribution in [0.3, 0.4) is 0 Å².